The van der Waals surface area contributed by atoms with Gasteiger partial charge in [0.1, 0.15) is 17.9 Å². The highest BCUT2D eigenvalue weighted by atomic mass is 16.7. The molecule has 0 spiro atoms. The largest absolute Gasteiger partial charge is 0.535 e. The second-order valence-electron chi connectivity index (χ2n) is 10.1. The standard InChI is InChI=1S/C26H35BN6O8/c1-3-16(4-2)25(36)39-15-40-26(37)20-7-5-6-17-10-18(27(38)41-23(17)20)11-29-22(34)14-33-13-21(31-32-33)24(35)30-19-8-9-28-12-19/h5-7,13,16,18-19,28,38H,3-4,8-12,14-15H2,1-2H3,(H,29,34)(H,30,35)/t18-,19+/m1/s1. The van der Waals surface area contributed by atoms with Gasteiger partial charge in [-0.1, -0.05) is 31.2 Å². The predicted molar refractivity (Wildman–Crippen MR) is 145 cm³/mol. The number of benzene rings is 1. The summed E-state index contributed by atoms with van der Waals surface area (Å²) in [7, 11) is -1.30. The maximum absolute atomic E-state index is 12.6. The number of nitrogens with one attached hydrogen (secondary N) is 3. The van der Waals surface area contributed by atoms with E-state index in [0.29, 0.717) is 31.4 Å². The van der Waals surface area contributed by atoms with Gasteiger partial charge in [-0.2, -0.15) is 0 Å². The van der Waals surface area contributed by atoms with Gasteiger partial charge in [0.15, 0.2) is 5.69 Å². The van der Waals surface area contributed by atoms with Crippen LogP contribution in [0.3, 0.4) is 0 Å². The second-order valence-corrected chi connectivity index (χ2v) is 10.1. The maximum Gasteiger partial charge on any atom is 0.528 e. The predicted octanol–water partition coefficient (Wildman–Crippen LogP) is 0.0655. The van der Waals surface area contributed by atoms with E-state index in [1.165, 1.54) is 16.9 Å². The van der Waals surface area contributed by atoms with Crippen LogP contribution in [-0.2, 0) is 32.0 Å². The first-order valence-corrected chi connectivity index (χ1v) is 13.8. The smallest absolute Gasteiger partial charge is 0.528 e. The summed E-state index contributed by atoms with van der Waals surface area (Å²) in [6.07, 6.45) is 3.82. The third-order valence-electron chi connectivity index (χ3n) is 7.18. The fourth-order valence-electron chi connectivity index (χ4n) is 4.74. The van der Waals surface area contributed by atoms with Gasteiger partial charge in [0.05, 0.1) is 12.1 Å². The van der Waals surface area contributed by atoms with Crippen molar-refractivity contribution in [1.29, 1.82) is 0 Å². The van der Waals surface area contributed by atoms with Gasteiger partial charge in [0.25, 0.3) is 5.91 Å². The molecule has 1 aromatic carbocycles. The number of carbonyl (C=O) groups excluding carboxylic acids is 4. The molecule has 1 aromatic heterocycles. The van der Waals surface area contributed by atoms with Crippen molar-refractivity contribution in [3.63, 3.8) is 0 Å². The molecule has 41 heavy (non-hydrogen) atoms. The molecule has 220 valence electrons. The summed E-state index contributed by atoms with van der Waals surface area (Å²) in [5.74, 6) is -2.48. The van der Waals surface area contributed by atoms with Crippen LogP contribution >= 0.6 is 0 Å². The van der Waals surface area contributed by atoms with Crippen molar-refractivity contribution in [2.75, 3.05) is 26.4 Å². The molecule has 4 rings (SSSR count). The normalized spacial score (nSPS) is 17.9. The van der Waals surface area contributed by atoms with E-state index in [9.17, 15) is 24.2 Å². The lowest BCUT2D eigenvalue weighted by Gasteiger charge is -2.28. The molecule has 4 N–H and O–H groups in total. The maximum atomic E-state index is 12.6. The first kappa shape index (κ1) is 30.0. The minimum absolute atomic E-state index is 0.0378. The lowest BCUT2D eigenvalue weighted by molar-refractivity contribution is -0.157. The molecule has 15 heteroatoms. The first-order valence-electron chi connectivity index (χ1n) is 13.8. The van der Waals surface area contributed by atoms with Gasteiger partial charge in [-0.3, -0.25) is 14.4 Å². The Balaban J connectivity index is 1.26. The van der Waals surface area contributed by atoms with E-state index in [-0.39, 0.29) is 53.9 Å². The minimum Gasteiger partial charge on any atom is -0.535 e. The Morgan fingerprint density at radius 1 is 1.24 bits per heavy atom. The SMILES string of the molecule is CCC(CC)C(=O)OCOC(=O)c1cccc2c1OB(O)[C@@H](CNC(=O)Cn1cc(C(=O)N[C@H]3CCNC3)nn1)C2. The van der Waals surface area contributed by atoms with Gasteiger partial charge in [0.2, 0.25) is 12.7 Å². The van der Waals surface area contributed by atoms with Crippen LogP contribution < -0.4 is 20.6 Å². The Morgan fingerprint density at radius 3 is 2.78 bits per heavy atom. The summed E-state index contributed by atoms with van der Waals surface area (Å²) >= 11 is 0. The summed E-state index contributed by atoms with van der Waals surface area (Å²) in [6.45, 7) is 4.71. The Morgan fingerprint density at radius 2 is 2.05 bits per heavy atom. The molecular weight excluding hydrogens is 535 g/mol. The van der Waals surface area contributed by atoms with Gasteiger partial charge < -0.3 is 35.1 Å². The third kappa shape index (κ3) is 7.82. The van der Waals surface area contributed by atoms with Gasteiger partial charge >= 0.3 is 19.1 Å². The zero-order chi connectivity index (χ0) is 29.4. The van der Waals surface area contributed by atoms with Crippen LogP contribution in [0.2, 0.25) is 5.82 Å². The van der Waals surface area contributed by atoms with E-state index < -0.39 is 31.7 Å². The highest BCUT2D eigenvalue weighted by Crippen LogP contribution is 2.34. The van der Waals surface area contributed by atoms with Crippen molar-refractivity contribution in [3.05, 3.63) is 41.2 Å². The van der Waals surface area contributed by atoms with Crippen molar-refractivity contribution < 1.29 is 38.3 Å². The molecule has 0 radical (unpaired) electrons. The van der Waals surface area contributed by atoms with Gasteiger partial charge in [-0.25, -0.2) is 9.48 Å². The number of hydrogen-bond donors (Lipinski definition) is 4. The van der Waals surface area contributed by atoms with E-state index in [4.69, 9.17) is 14.1 Å². The van der Waals surface area contributed by atoms with E-state index in [1.807, 2.05) is 13.8 Å². The van der Waals surface area contributed by atoms with Crippen molar-refractivity contribution in [1.82, 2.24) is 30.9 Å². The van der Waals surface area contributed by atoms with Crippen LogP contribution in [-0.4, -0.2) is 83.4 Å². The number of ether oxygens (including phenoxy) is 2. The molecule has 2 aromatic rings. The van der Waals surface area contributed by atoms with Crippen molar-refractivity contribution in [2.45, 2.75) is 57.9 Å². The molecule has 0 unspecified atom stereocenters. The minimum atomic E-state index is -1.30. The molecule has 2 aliphatic heterocycles. The van der Waals surface area contributed by atoms with Crippen LogP contribution in [0, 0.1) is 5.92 Å². The zero-order valence-corrected chi connectivity index (χ0v) is 23.1. The quantitative estimate of drug-likeness (QED) is 0.154. The van der Waals surface area contributed by atoms with E-state index in [0.717, 1.165) is 13.0 Å². The van der Waals surface area contributed by atoms with E-state index in [1.54, 1.807) is 12.1 Å². The van der Waals surface area contributed by atoms with Crippen LogP contribution in [0.15, 0.2) is 24.4 Å². The monoisotopic (exact) mass is 570 g/mol. The fraction of sp³-hybridized carbons (Fsp3) is 0.538. The van der Waals surface area contributed by atoms with Crippen molar-refractivity contribution >= 4 is 30.9 Å². The number of para-hydroxylation sites is 1. The average molecular weight is 570 g/mol. The average Bonchev–Trinajstić information content (AvgIpc) is 3.64. The number of hydrogen-bond acceptors (Lipinski definition) is 11. The van der Waals surface area contributed by atoms with Crippen LogP contribution in [0.5, 0.6) is 5.75 Å². The summed E-state index contributed by atoms with van der Waals surface area (Å²) < 4.78 is 17.1. The lowest BCUT2D eigenvalue weighted by Crippen LogP contribution is -2.42. The summed E-state index contributed by atoms with van der Waals surface area (Å²) in [5.41, 5.74) is 0.872. The van der Waals surface area contributed by atoms with Crippen LogP contribution in [0.1, 0.15) is 59.5 Å². The Kier molecular flexibility index (Phi) is 10.3. The summed E-state index contributed by atoms with van der Waals surface area (Å²) in [6, 6.07) is 4.94. The van der Waals surface area contributed by atoms with Crippen molar-refractivity contribution in [2.24, 2.45) is 5.92 Å². The number of nitrogens with zero attached hydrogens (tertiary/aromatic N) is 3. The zero-order valence-electron chi connectivity index (χ0n) is 23.1. The molecule has 2 aliphatic rings. The molecule has 3 heterocycles. The molecule has 14 nitrogen and oxygen atoms in total. The number of amides is 2. The highest BCUT2D eigenvalue weighted by Gasteiger charge is 2.37. The molecule has 0 bridgehead atoms. The van der Waals surface area contributed by atoms with E-state index in [2.05, 4.69) is 26.3 Å². The summed E-state index contributed by atoms with van der Waals surface area (Å²) in [4.78, 5) is 49.5. The molecule has 1 saturated heterocycles. The van der Waals surface area contributed by atoms with Gasteiger partial charge in [-0.15, -0.1) is 5.10 Å². The first-order chi connectivity index (χ1) is 19.8. The molecule has 2 atom stereocenters. The number of carbonyl (C=O) groups is 4. The number of rotatable bonds is 12. The molecule has 0 saturated carbocycles. The second kappa shape index (κ2) is 14.1. The number of aromatic nitrogens is 3. The number of fused-ring (bicyclic) bond motifs is 1. The number of esters is 2. The van der Waals surface area contributed by atoms with Crippen molar-refractivity contribution in [3.8, 4) is 5.75 Å². The lowest BCUT2D eigenvalue weighted by atomic mass is 9.66. The van der Waals surface area contributed by atoms with E-state index >= 15 is 0 Å². The molecule has 1 fully saturated rings. The Labute approximate surface area is 237 Å². The highest BCUT2D eigenvalue weighted by molar-refractivity contribution is 6.46. The van der Waals surface area contributed by atoms with Gasteiger partial charge in [-0.05, 0) is 43.9 Å². The van der Waals surface area contributed by atoms with Gasteiger partial charge in [0, 0.05) is 24.9 Å². The Hall–Kier alpha value is -3.98. The molecular formula is C26H35BN6O8. The fourth-order valence-corrected chi connectivity index (χ4v) is 4.74. The topological polar surface area (TPSA) is 183 Å². The molecule has 2 amide bonds. The molecule has 0 aliphatic carbocycles. The summed E-state index contributed by atoms with van der Waals surface area (Å²) in [5, 5.41) is 27.1. The van der Waals surface area contributed by atoms with Crippen LogP contribution in [0.4, 0.5) is 0 Å². The van der Waals surface area contributed by atoms with Crippen LogP contribution in [0.25, 0.3) is 0 Å². The Bertz CT molecular complexity index is 1250. The third-order valence-corrected chi connectivity index (χ3v) is 7.18.